The summed E-state index contributed by atoms with van der Waals surface area (Å²) in [6.07, 6.45) is 12.6. The number of aliphatic hydroxyl groups is 1. The van der Waals surface area contributed by atoms with Gasteiger partial charge in [-0.2, -0.15) is 16.0 Å². The Labute approximate surface area is 376 Å². The number of hydrogen-bond donors (Lipinski definition) is 2. The predicted octanol–water partition coefficient (Wildman–Crippen LogP) is 0.837. The number of carbonyl (C=O) groups excluding carboxylic acids is 2. The van der Waals surface area contributed by atoms with E-state index in [1.54, 1.807) is 0 Å². The van der Waals surface area contributed by atoms with Gasteiger partial charge in [0.25, 0.3) is 0 Å². The molecule has 0 radical (unpaired) electrons. The molecule has 0 aromatic heterocycles. The van der Waals surface area contributed by atoms with Crippen LogP contribution in [-0.4, -0.2) is 41.6 Å². The van der Waals surface area contributed by atoms with Crippen molar-refractivity contribution < 1.29 is 127 Å². The molecule has 0 saturated carbocycles. The van der Waals surface area contributed by atoms with E-state index in [2.05, 4.69) is 59.0 Å². The monoisotopic (exact) mass is 716 g/mol. The van der Waals surface area contributed by atoms with Crippen LogP contribution in [0.3, 0.4) is 0 Å². The number of fused-ring (bicyclic) bond motifs is 5. The third-order valence-corrected chi connectivity index (χ3v) is 9.61. The first kappa shape index (κ1) is 44.1. The van der Waals surface area contributed by atoms with Gasteiger partial charge in [-0.05, 0) is 92.5 Å². The van der Waals surface area contributed by atoms with Gasteiger partial charge in [0, 0.05) is 35.1 Å². The van der Waals surface area contributed by atoms with Gasteiger partial charge in [0.1, 0.15) is 0 Å². The minimum atomic E-state index is -0.976. The molecule has 5 heterocycles. The Morgan fingerprint density at radius 3 is 2.12 bits per heavy atom. The second-order valence-electron chi connectivity index (χ2n) is 12.4. The predicted molar refractivity (Wildman–Crippen MR) is 183 cm³/mol. The topological polar surface area (TPSA) is 136 Å². The van der Waals surface area contributed by atoms with Crippen molar-refractivity contribution in [2.24, 2.45) is 26.8 Å². The molecule has 5 aliphatic rings. The van der Waals surface area contributed by atoms with Crippen LogP contribution in [0, 0.1) is 18.8 Å². The Balaban J connectivity index is 0.00000161. The summed E-state index contributed by atoms with van der Waals surface area (Å²) in [4.78, 5) is 31.4. The van der Waals surface area contributed by atoms with Gasteiger partial charge < -0.3 is 27.2 Å². The number of unbranched alkanes of at least 4 members (excludes halogenated alkanes) is 3. The fourth-order valence-electron chi connectivity index (χ4n) is 6.74. The number of hydrogen-bond acceptors (Lipinski definition) is 9. The van der Waals surface area contributed by atoms with E-state index in [1.807, 2.05) is 19.9 Å². The van der Waals surface area contributed by atoms with E-state index < -0.39 is 5.95 Å². The fourth-order valence-corrected chi connectivity index (χ4v) is 6.74. The summed E-state index contributed by atoms with van der Waals surface area (Å²) in [6.45, 7) is 20.1. The van der Waals surface area contributed by atoms with Gasteiger partial charge in [-0.25, -0.2) is 15.0 Å². The number of ether oxygens (including phenoxy) is 1. The normalized spacial score (nSPS) is 22.1. The average molecular weight is 717 g/mol. The number of rotatable bonds is 9. The minimum absolute atomic E-state index is 0. The summed E-state index contributed by atoms with van der Waals surface area (Å²) in [5.41, 5.74) is 12.8. The van der Waals surface area contributed by atoms with Gasteiger partial charge in [0.05, 0.1) is 46.8 Å². The van der Waals surface area contributed by atoms with Crippen molar-refractivity contribution in [3.8, 4) is 0 Å². The summed E-state index contributed by atoms with van der Waals surface area (Å²) in [6, 6.07) is 0. The minimum Gasteiger partial charge on any atom is -0.629 e. The number of aliphatic hydroxyl groups excluding tert-OH is 1. The molecule has 0 spiro atoms. The first-order chi connectivity index (χ1) is 22.5. The van der Waals surface area contributed by atoms with Gasteiger partial charge in [-0.3, -0.25) is 0 Å². The molecule has 5 aliphatic heterocycles. The van der Waals surface area contributed by atoms with Gasteiger partial charge in [-0.15, -0.1) is 0 Å². The SMILES string of the molecule is O=C=O.[CH2-]C[C@@H]1C2=C(C)C3=NC(=C(C)C3=C([O-])O)C=C3N=C(C=C4N=C(C=C(N2)[C@H]1C)C(C)=C4COCCCCCC)C(C)=C3CC.[K+].[K+]. The maximum absolute atomic E-state index is 12.6. The van der Waals surface area contributed by atoms with Crippen molar-refractivity contribution in [1.82, 2.24) is 5.32 Å². The van der Waals surface area contributed by atoms with Gasteiger partial charge in [0.2, 0.25) is 0 Å². The van der Waals surface area contributed by atoms with Crippen molar-refractivity contribution in [2.45, 2.75) is 87.0 Å². The Bertz CT molecular complexity index is 1710. The van der Waals surface area contributed by atoms with E-state index in [0.29, 0.717) is 30.0 Å². The number of nitrogens with zero attached hydrogens (tertiary/aromatic N) is 3. The van der Waals surface area contributed by atoms with Crippen molar-refractivity contribution in [2.75, 3.05) is 13.2 Å². The molecule has 1 fully saturated rings. The zero-order valence-electron chi connectivity index (χ0n) is 30.7. The number of allylic oxidation sites excluding steroid dienone is 11. The Kier molecular flexibility index (Phi) is 18.2. The van der Waals surface area contributed by atoms with Crippen LogP contribution in [0.2, 0.25) is 0 Å². The molecule has 49 heavy (non-hydrogen) atoms. The molecule has 1 saturated heterocycles. The first-order valence-corrected chi connectivity index (χ1v) is 16.5. The molecule has 0 aromatic carbocycles. The molecule has 2 N–H and O–H groups in total. The maximum atomic E-state index is 12.6. The van der Waals surface area contributed by atoms with E-state index >= 15 is 0 Å². The molecule has 250 valence electrons. The largest absolute Gasteiger partial charge is 1.00 e. The third-order valence-electron chi connectivity index (χ3n) is 9.61. The molecule has 0 amide bonds. The summed E-state index contributed by atoms with van der Waals surface area (Å²) in [7, 11) is 0. The maximum Gasteiger partial charge on any atom is 1.00 e. The molecular formula is C38H46K2N4O5. The van der Waals surface area contributed by atoms with Crippen LogP contribution in [0.15, 0.2) is 107 Å². The van der Waals surface area contributed by atoms with Crippen molar-refractivity contribution in [1.29, 1.82) is 0 Å². The van der Waals surface area contributed by atoms with Crippen LogP contribution in [0.5, 0.6) is 0 Å². The molecule has 2 atom stereocenters. The first-order valence-electron chi connectivity index (χ1n) is 16.5. The Hall–Kier alpha value is -1.06. The van der Waals surface area contributed by atoms with Crippen molar-refractivity contribution >= 4 is 23.3 Å². The van der Waals surface area contributed by atoms with Crippen molar-refractivity contribution in [3.05, 3.63) is 98.6 Å². The molecule has 0 unspecified atom stereocenters. The molecular weight excluding hydrogens is 671 g/mol. The van der Waals surface area contributed by atoms with Crippen LogP contribution in [0.1, 0.15) is 87.0 Å². The molecule has 8 bridgehead atoms. The smallest absolute Gasteiger partial charge is 0.629 e. The second-order valence-corrected chi connectivity index (χ2v) is 12.4. The molecule has 5 rings (SSSR count). The van der Waals surface area contributed by atoms with Crippen molar-refractivity contribution in [3.63, 3.8) is 0 Å². The number of aliphatic imine (C=N–C) groups is 3. The van der Waals surface area contributed by atoms with E-state index in [9.17, 15) is 10.2 Å². The average Bonchev–Trinajstić information content (AvgIpc) is 3.72. The van der Waals surface area contributed by atoms with Gasteiger partial charge in [0.15, 0.2) is 0 Å². The Morgan fingerprint density at radius 2 is 1.53 bits per heavy atom. The molecule has 11 heteroatoms. The number of nitrogens with one attached hydrogen (secondary N) is 1. The standard InChI is InChI=1S/C37H47N4O3.CO2.2K/c1-9-12-13-14-15-44-19-27-22(6)28-16-30-21(5)26(11-3)35(40-30)24(8)36-34(37(42)43)23(7)31(41-36)18-32-25(10-2)20(4)29(38-32)17-33(27)39-28;2-1-3;;/h16-18,21,26,40,42-43H,3,9-15,19H2,1-2,4-8H3;;;/q-1;;2*+1/p-1/t21-,26-;;;/m0.../s1. The summed E-state index contributed by atoms with van der Waals surface area (Å²) in [5, 5.41) is 26.5. The van der Waals surface area contributed by atoms with Crippen LogP contribution >= 0.6 is 0 Å². The summed E-state index contributed by atoms with van der Waals surface area (Å²) >= 11 is 0. The quantitative estimate of drug-likeness (QED) is 0.157. The van der Waals surface area contributed by atoms with Crippen LogP contribution in [-0.2, 0) is 14.3 Å². The van der Waals surface area contributed by atoms with E-state index in [1.165, 1.54) is 19.3 Å². The van der Waals surface area contributed by atoms with Gasteiger partial charge >= 0.3 is 109 Å². The second kappa shape index (κ2) is 20.3. The molecule has 9 nitrogen and oxygen atoms in total. The zero-order chi connectivity index (χ0) is 34.4. The van der Waals surface area contributed by atoms with E-state index in [-0.39, 0.29) is 126 Å². The van der Waals surface area contributed by atoms with E-state index in [0.717, 1.165) is 81.5 Å². The third kappa shape index (κ3) is 9.69. The summed E-state index contributed by atoms with van der Waals surface area (Å²) in [5.74, 6) is -0.724. The van der Waals surface area contributed by atoms with Crippen LogP contribution in [0.4, 0.5) is 0 Å². The fraction of sp³-hybridized carbons (Fsp3) is 0.447. The summed E-state index contributed by atoms with van der Waals surface area (Å²) < 4.78 is 6.20. The Morgan fingerprint density at radius 1 is 0.918 bits per heavy atom. The molecule has 0 aliphatic carbocycles. The zero-order valence-corrected chi connectivity index (χ0v) is 36.9. The molecule has 0 aromatic rings. The van der Waals surface area contributed by atoms with E-state index in [4.69, 9.17) is 29.3 Å². The van der Waals surface area contributed by atoms with Crippen LogP contribution < -0.4 is 113 Å². The van der Waals surface area contributed by atoms with Gasteiger partial charge in [-0.1, -0.05) is 40.0 Å². The van der Waals surface area contributed by atoms with Crippen LogP contribution in [0.25, 0.3) is 0 Å².